The molecule has 0 aromatic rings. The van der Waals surface area contributed by atoms with E-state index in [0.717, 1.165) is 88.9 Å². The van der Waals surface area contributed by atoms with Crippen LogP contribution in [0.25, 0.3) is 9.69 Å². The summed E-state index contributed by atoms with van der Waals surface area (Å²) < 4.78 is 18.8. The minimum Gasteiger partial charge on any atom is -0.448 e. The third-order valence-electron chi connectivity index (χ3n) is 7.94. The molecule has 350 valence electrons. The van der Waals surface area contributed by atoms with Crippen LogP contribution < -0.4 is 21.7 Å². The van der Waals surface area contributed by atoms with Gasteiger partial charge in [-0.05, 0) is 51.3 Å². The average molecular weight is 895 g/mol. The highest BCUT2D eigenvalue weighted by molar-refractivity contribution is 8.13. The van der Waals surface area contributed by atoms with E-state index in [2.05, 4.69) is 45.1 Å². The highest BCUT2D eigenvalue weighted by Gasteiger charge is 2.13. The number of rotatable bonds is 27. The molecule has 0 radical (unpaired) electrons. The molecule has 0 spiro atoms. The molecule has 0 heterocycles. The van der Waals surface area contributed by atoms with Crippen molar-refractivity contribution in [3.63, 3.8) is 0 Å². The molecule has 4 amide bonds. The van der Waals surface area contributed by atoms with Gasteiger partial charge in [-0.2, -0.15) is 15.5 Å². The third-order valence-corrected chi connectivity index (χ3v) is 8.52. The van der Waals surface area contributed by atoms with Gasteiger partial charge in [0.25, 0.3) is 0 Å². The van der Waals surface area contributed by atoms with Crippen LogP contribution in [0.5, 0.6) is 0 Å². The maximum absolute atomic E-state index is 11.7. The number of nitriles is 2. The summed E-state index contributed by atoms with van der Waals surface area (Å²) >= 11 is 1.02. The van der Waals surface area contributed by atoms with Gasteiger partial charge in [-0.15, -0.1) is 0 Å². The summed E-state index contributed by atoms with van der Waals surface area (Å²) in [4.78, 5) is 59.5. The van der Waals surface area contributed by atoms with Gasteiger partial charge in [0.1, 0.15) is 13.2 Å². The van der Waals surface area contributed by atoms with Gasteiger partial charge >= 0.3 is 24.4 Å². The summed E-state index contributed by atoms with van der Waals surface area (Å²) in [5, 5.41) is 42.4. The number of hydrogen-bond acceptors (Lipinski definition) is 15. The van der Waals surface area contributed by atoms with E-state index in [1.807, 2.05) is 19.9 Å². The number of carbonyl (C=O) groups excluding carboxylic acids is 4. The normalized spacial score (nSPS) is 11.5. The highest BCUT2D eigenvalue weighted by atomic mass is 32.2. The van der Waals surface area contributed by atoms with Gasteiger partial charge in [-0.3, -0.25) is 20.9 Å². The molecular weight excluding hydrogens is 825 g/mol. The first-order valence-corrected chi connectivity index (χ1v) is 22.3. The number of ether oxygens (including phenoxy) is 4. The van der Waals surface area contributed by atoms with E-state index in [1.54, 1.807) is 12.3 Å². The quantitative estimate of drug-likeness (QED) is 0.0160. The molecule has 0 aliphatic carbocycles. The Morgan fingerprint density at radius 2 is 1.10 bits per heavy atom. The molecule has 2 atom stereocenters. The Morgan fingerprint density at radius 1 is 0.677 bits per heavy atom. The Morgan fingerprint density at radius 3 is 1.53 bits per heavy atom. The van der Waals surface area contributed by atoms with Crippen LogP contribution in [0.4, 0.5) is 19.2 Å². The molecule has 0 bridgehead atoms. The average Bonchev–Trinajstić information content (AvgIpc) is 3.25. The highest BCUT2D eigenvalue weighted by Crippen LogP contribution is 2.11. The van der Waals surface area contributed by atoms with Crippen LogP contribution in [0.2, 0.25) is 0 Å². The Labute approximate surface area is 372 Å². The van der Waals surface area contributed by atoms with E-state index in [4.69, 9.17) is 38.9 Å². The minimum absolute atomic E-state index is 0.00905. The zero-order valence-electron chi connectivity index (χ0n) is 36.9. The first-order valence-electron chi connectivity index (χ1n) is 21.1. The van der Waals surface area contributed by atoms with Gasteiger partial charge in [-0.1, -0.05) is 89.8 Å². The molecule has 0 saturated carbocycles. The fourth-order valence-electron chi connectivity index (χ4n) is 4.51. The van der Waals surface area contributed by atoms with Crippen LogP contribution in [-0.2, 0) is 18.9 Å². The first-order chi connectivity index (χ1) is 30.0. The second-order valence-electron chi connectivity index (χ2n) is 13.1. The molecule has 2 unspecified atom stereocenters. The number of amidine groups is 1. The van der Waals surface area contributed by atoms with E-state index in [0.29, 0.717) is 6.54 Å². The van der Waals surface area contributed by atoms with E-state index in [1.165, 1.54) is 32.1 Å². The first kappa shape index (κ1) is 61.1. The molecular formula is C41H70N10O10S. The Bertz CT molecular complexity index is 1370. The number of aliphatic hydroxyl groups is 2. The predicted molar refractivity (Wildman–Crippen MR) is 238 cm³/mol. The Balaban J connectivity index is -0.000000926. The van der Waals surface area contributed by atoms with E-state index < -0.39 is 24.4 Å². The summed E-state index contributed by atoms with van der Waals surface area (Å²) in [5.74, 6) is -0.0988. The van der Waals surface area contributed by atoms with Crippen molar-refractivity contribution >= 4 is 47.3 Å². The van der Waals surface area contributed by atoms with E-state index >= 15 is 0 Å². The summed E-state index contributed by atoms with van der Waals surface area (Å²) in [6, 6.07) is 3.66. The molecule has 0 saturated heterocycles. The second-order valence-corrected chi connectivity index (χ2v) is 13.9. The predicted octanol–water partition coefficient (Wildman–Crippen LogP) is 6.98. The molecule has 0 aromatic carbocycles. The van der Waals surface area contributed by atoms with Crippen LogP contribution in [0, 0.1) is 35.8 Å². The van der Waals surface area contributed by atoms with Crippen LogP contribution in [0.15, 0.2) is 9.98 Å². The van der Waals surface area contributed by atoms with Gasteiger partial charge < -0.3 is 44.6 Å². The largest absolute Gasteiger partial charge is 0.448 e. The van der Waals surface area contributed by atoms with Crippen molar-refractivity contribution < 1.29 is 48.3 Å². The van der Waals surface area contributed by atoms with Crippen molar-refractivity contribution in [1.29, 1.82) is 10.5 Å². The maximum Gasteiger partial charge on any atom is 0.436 e. The lowest BCUT2D eigenvalue weighted by Crippen LogP contribution is -2.44. The number of thioether (sulfide) groups is 1. The number of carbonyl (C=O) groups is 4. The summed E-state index contributed by atoms with van der Waals surface area (Å²) in [6.07, 6.45) is 15.1. The zero-order valence-corrected chi connectivity index (χ0v) is 37.7. The van der Waals surface area contributed by atoms with Crippen LogP contribution in [0.3, 0.4) is 0 Å². The fourth-order valence-corrected chi connectivity index (χ4v) is 4.86. The van der Waals surface area contributed by atoms with Gasteiger partial charge in [0.2, 0.25) is 19.0 Å². The fraction of sp³-hybridized carbons (Fsp3) is 0.756. The van der Waals surface area contributed by atoms with Crippen molar-refractivity contribution in [1.82, 2.24) is 16.0 Å². The number of guanidine groups is 1. The molecule has 0 fully saturated rings. The minimum atomic E-state index is -0.902. The van der Waals surface area contributed by atoms with Crippen LogP contribution in [0.1, 0.15) is 129 Å². The molecule has 21 heteroatoms. The number of alkyl carbamates (subject to hydrolysis) is 3. The SMILES string of the molecule is CCC(O)CCCCCCCCN.[C-]#[N+]CCOC(=O)NC(=NC(=O)OCCC#N)SC.[C-]#[N+]CCOC(=O)NC(=NCCCCCCCCC(O)CC)NC(=O)OCCC#N. The van der Waals surface area contributed by atoms with E-state index in [-0.39, 0.29) is 75.7 Å². The Hall–Kier alpha value is -5.19. The standard InChI is InChI=1S/C20H33N5O5.C11H25NO.C10H12N4O4S/c1-3-17(26)11-8-6-4-5-7-9-13-23-18(24-19(27)29-15-10-12-21)25-20(28)30-16-14-22-2;1-2-11(13)9-7-5-3-4-6-8-10-12;1-12-5-7-18-10(16)14-8(19-2)13-9(15)17-6-3-4-11/h17,26H,3-11,13-16H2,1H3,(H2,23,24,25,27,28);11,13H,2-10,12H2,1H3;3,5-7H2,2H3,(H,13,14,15,16). The Kier molecular flexibility index (Phi) is 47.8. The molecule has 0 aliphatic heterocycles. The molecule has 0 rings (SSSR count). The molecule has 20 nitrogen and oxygen atoms in total. The number of aliphatic hydroxyl groups excluding tert-OH is 2. The van der Waals surface area contributed by atoms with Crippen molar-refractivity contribution in [2.75, 3.05) is 58.9 Å². The summed E-state index contributed by atoms with van der Waals surface area (Å²) in [6.45, 7) is 18.3. The lowest BCUT2D eigenvalue weighted by molar-refractivity contribution is 0.151. The van der Waals surface area contributed by atoms with Crippen molar-refractivity contribution in [3.8, 4) is 12.1 Å². The van der Waals surface area contributed by atoms with Crippen LogP contribution in [-0.4, -0.2) is 117 Å². The number of aliphatic imine (C=N–C) groups is 2. The summed E-state index contributed by atoms with van der Waals surface area (Å²) in [7, 11) is 0. The smallest absolute Gasteiger partial charge is 0.436 e. The monoisotopic (exact) mass is 894 g/mol. The lowest BCUT2D eigenvalue weighted by atomic mass is 10.1. The number of nitrogens with two attached hydrogens (primary N) is 1. The maximum atomic E-state index is 11.7. The van der Waals surface area contributed by atoms with Crippen molar-refractivity contribution in [2.45, 2.75) is 142 Å². The molecule has 0 aliphatic rings. The number of hydrogen-bond donors (Lipinski definition) is 6. The van der Waals surface area contributed by atoms with Crippen molar-refractivity contribution in [2.24, 2.45) is 15.7 Å². The van der Waals surface area contributed by atoms with Gasteiger partial charge in [0, 0.05) is 6.54 Å². The van der Waals surface area contributed by atoms with Gasteiger partial charge in [-0.25, -0.2) is 32.3 Å². The number of nitrogens with one attached hydrogen (secondary N) is 3. The molecule has 7 N–H and O–H groups in total. The van der Waals surface area contributed by atoms with Gasteiger partial charge in [0.15, 0.2) is 18.4 Å². The second kappa shape index (κ2) is 48.5. The summed E-state index contributed by atoms with van der Waals surface area (Å²) in [5.41, 5.74) is 5.39. The number of amides is 4. The topological polar surface area (TPSA) is 289 Å². The van der Waals surface area contributed by atoms with Crippen LogP contribution >= 0.6 is 11.8 Å². The molecule has 0 aromatic heterocycles. The van der Waals surface area contributed by atoms with Gasteiger partial charge in [0.05, 0.1) is 37.2 Å². The lowest BCUT2D eigenvalue weighted by Gasteiger charge is -2.10. The number of unbranched alkanes of at least 4 members (excludes halogenated alkanes) is 10. The molecule has 62 heavy (non-hydrogen) atoms. The zero-order chi connectivity index (χ0) is 46.9. The third kappa shape index (κ3) is 47.5. The number of nitrogens with zero attached hydrogens (tertiary/aromatic N) is 6. The van der Waals surface area contributed by atoms with E-state index in [9.17, 15) is 29.4 Å². The van der Waals surface area contributed by atoms with Crippen molar-refractivity contribution in [3.05, 3.63) is 22.8 Å².